The highest BCUT2D eigenvalue weighted by Gasteiger charge is 2.23. The molecular formula is C21H21FN4O3. The van der Waals surface area contributed by atoms with Crippen LogP contribution in [-0.2, 0) is 17.9 Å². The van der Waals surface area contributed by atoms with Crippen LogP contribution in [0.25, 0.3) is 11.5 Å². The average Bonchev–Trinajstić information content (AvgIpc) is 3.10. The lowest BCUT2D eigenvalue weighted by molar-refractivity contribution is -0.134. The van der Waals surface area contributed by atoms with Crippen molar-refractivity contribution in [2.75, 3.05) is 26.2 Å². The van der Waals surface area contributed by atoms with E-state index in [4.69, 9.17) is 4.42 Å². The standard InChI is InChI=1S/C21H21FN4O3/c22-18-8-6-17(7-9-18)20-23-26(21(28)29-20)15-19(27)25-12-10-24(11-13-25)14-16-4-2-1-3-5-16/h1-9H,10-15H2. The third kappa shape index (κ3) is 4.60. The number of piperazine rings is 1. The summed E-state index contributed by atoms with van der Waals surface area (Å²) in [6, 6.07) is 15.7. The molecule has 8 heteroatoms. The normalized spacial score (nSPS) is 14.9. The van der Waals surface area contributed by atoms with Gasteiger partial charge in [0.15, 0.2) is 0 Å². The second-order valence-electron chi connectivity index (χ2n) is 6.98. The van der Waals surface area contributed by atoms with Crippen LogP contribution < -0.4 is 5.76 Å². The third-order valence-corrected chi connectivity index (χ3v) is 4.96. The topological polar surface area (TPSA) is 71.6 Å². The highest BCUT2D eigenvalue weighted by molar-refractivity contribution is 5.76. The molecule has 1 amide bonds. The summed E-state index contributed by atoms with van der Waals surface area (Å²) in [6.07, 6.45) is 0. The molecule has 2 heterocycles. The number of rotatable bonds is 5. The lowest BCUT2D eigenvalue weighted by Gasteiger charge is -2.34. The Labute approximate surface area is 167 Å². The minimum Gasteiger partial charge on any atom is -0.388 e. The van der Waals surface area contributed by atoms with Gasteiger partial charge in [0, 0.05) is 38.3 Å². The fourth-order valence-electron chi connectivity index (χ4n) is 3.34. The first-order valence-corrected chi connectivity index (χ1v) is 9.46. The molecule has 29 heavy (non-hydrogen) atoms. The molecule has 1 fully saturated rings. The van der Waals surface area contributed by atoms with E-state index in [2.05, 4.69) is 22.1 Å². The maximum atomic E-state index is 13.0. The number of amides is 1. The molecule has 0 atom stereocenters. The zero-order valence-corrected chi connectivity index (χ0v) is 15.8. The summed E-state index contributed by atoms with van der Waals surface area (Å²) >= 11 is 0. The number of hydrogen-bond donors (Lipinski definition) is 0. The summed E-state index contributed by atoms with van der Waals surface area (Å²) in [4.78, 5) is 28.7. The minimum atomic E-state index is -0.708. The largest absolute Gasteiger partial charge is 0.437 e. The number of carbonyl (C=O) groups excluding carboxylic acids is 1. The van der Waals surface area contributed by atoms with Crippen LogP contribution >= 0.6 is 0 Å². The minimum absolute atomic E-state index is 0.0653. The van der Waals surface area contributed by atoms with E-state index >= 15 is 0 Å². The Bertz CT molecular complexity index is 1020. The van der Waals surface area contributed by atoms with Gasteiger partial charge in [-0.25, -0.2) is 9.18 Å². The van der Waals surface area contributed by atoms with E-state index < -0.39 is 11.6 Å². The summed E-state index contributed by atoms with van der Waals surface area (Å²) in [5.74, 6) is -1.21. The van der Waals surface area contributed by atoms with E-state index in [1.54, 1.807) is 4.90 Å². The van der Waals surface area contributed by atoms with Crippen molar-refractivity contribution in [1.29, 1.82) is 0 Å². The first kappa shape index (κ1) is 19.1. The summed E-state index contributed by atoms with van der Waals surface area (Å²) in [5.41, 5.74) is 1.72. The van der Waals surface area contributed by atoms with Gasteiger partial charge in [0.25, 0.3) is 0 Å². The summed E-state index contributed by atoms with van der Waals surface area (Å²) in [5, 5.41) is 4.07. The molecule has 150 valence electrons. The van der Waals surface area contributed by atoms with Gasteiger partial charge in [0.1, 0.15) is 12.4 Å². The maximum Gasteiger partial charge on any atom is 0.437 e. The third-order valence-electron chi connectivity index (χ3n) is 4.96. The number of nitrogens with zero attached hydrogens (tertiary/aromatic N) is 4. The molecule has 0 aliphatic carbocycles. The fourth-order valence-corrected chi connectivity index (χ4v) is 3.34. The molecule has 1 aliphatic rings. The van der Waals surface area contributed by atoms with Crippen LogP contribution in [-0.4, -0.2) is 51.7 Å². The van der Waals surface area contributed by atoms with E-state index in [0.29, 0.717) is 18.7 Å². The van der Waals surface area contributed by atoms with Crippen LogP contribution in [0.1, 0.15) is 5.56 Å². The van der Waals surface area contributed by atoms with Crippen LogP contribution in [0.5, 0.6) is 0 Å². The lowest BCUT2D eigenvalue weighted by atomic mass is 10.2. The molecule has 1 aliphatic heterocycles. The van der Waals surface area contributed by atoms with Gasteiger partial charge in [-0.15, -0.1) is 5.10 Å². The van der Waals surface area contributed by atoms with Crippen molar-refractivity contribution in [3.8, 4) is 11.5 Å². The molecule has 4 rings (SSSR count). The SMILES string of the molecule is O=C(Cn1nc(-c2ccc(F)cc2)oc1=O)N1CCN(Cc2ccccc2)CC1. The Morgan fingerprint density at radius 3 is 2.38 bits per heavy atom. The number of carbonyl (C=O) groups is 1. The van der Waals surface area contributed by atoms with E-state index in [-0.39, 0.29) is 18.3 Å². The Kier molecular flexibility index (Phi) is 5.53. The van der Waals surface area contributed by atoms with Crippen molar-refractivity contribution in [3.63, 3.8) is 0 Å². The van der Waals surface area contributed by atoms with Gasteiger partial charge >= 0.3 is 5.76 Å². The fraction of sp³-hybridized carbons (Fsp3) is 0.286. The van der Waals surface area contributed by atoms with Crippen molar-refractivity contribution in [3.05, 3.63) is 76.5 Å². The second kappa shape index (κ2) is 8.40. The Hall–Kier alpha value is -3.26. The van der Waals surface area contributed by atoms with E-state index in [0.717, 1.165) is 24.3 Å². The van der Waals surface area contributed by atoms with Gasteiger partial charge in [0.2, 0.25) is 11.8 Å². The van der Waals surface area contributed by atoms with E-state index in [9.17, 15) is 14.0 Å². The quantitative estimate of drug-likeness (QED) is 0.660. The lowest BCUT2D eigenvalue weighted by Crippen LogP contribution is -2.49. The van der Waals surface area contributed by atoms with Crippen LogP contribution in [0.15, 0.2) is 63.8 Å². The average molecular weight is 396 g/mol. The predicted octanol–water partition coefficient (Wildman–Crippen LogP) is 1.99. The molecule has 0 radical (unpaired) electrons. The van der Waals surface area contributed by atoms with Crippen molar-refractivity contribution < 1.29 is 13.6 Å². The van der Waals surface area contributed by atoms with Crippen LogP contribution in [0.3, 0.4) is 0 Å². The summed E-state index contributed by atoms with van der Waals surface area (Å²) < 4.78 is 19.2. The Morgan fingerprint density at radius 1 is 1.00 bits per heavy atom. The molecule has 0 unspecified atom stereocenters. The van der Waals surface area contributed by atoms with Gasteiger partial charge in [-0.05, 0) is 29.8 Å². The van der Waals surface area contributed by atoms with Crippen molar-refractivity contribution >= 4 is 5.91 Å². The summed E-state index contributed by atoms with van der Waals surface area (Å²) in [7, 11) is 0. The number of aromatic nitrogens is 2. The molecule has 0 N–H and O–H groups in total. The van der Waals surface area contributed by atoms with Gasteiger partial charge in [0.05, 0.1) is 0 Å². The number of hydrogen-bond acceptors (Lipinski definition) is 5. The van der Waals surface area contributed by atoms with E-state index in [1.807, 2.05) is 18.2 Å². The van der Waals surface area contributed by atoms with Crippen LogP contribution in [0, 0.1) is 5.82 Å². The van der Waals surface area contributed by atoms with E-state index in [1.165, 1.54) is 29.8 Å². The molecular weight excluding hydrogens is 375 g/mol. The molecule has 0 saturated carbocycles. The number of benzene rings is 2. The smallest absolute Gasteiger partial charge is 0.388 e. The highest BCUT2D eigenvalue weighted by Crippen LogP contribution is 2.15. The molecule has 3 aromatic rings. The Balaban J connectivity index is 1.34. The first-order valence-electron chi connectivity index (χ1n) is 9.46. The molecule has 1 aromatic heterocycles. The predicted molar refractivity (Wildman–Crippen MR) is 104 cm³/mol. The van der Waals surface area contributed by atoms with Gasteiger partial charge in [-0.1, -0.05) is 30.3 Å². The van der Waals surface area contributed by atoms with Crippen molar-refractivity contribution in [1.82, 2.24) is 19.6 Å². The van der Waals surface area contributed by atoms with Crippen molar-refractivity contribution in [2.45, 2.75) is 13.1 Å². The van der Waals surface area contributed by atoms with Gasteiger partial charge in [-0.2, -0.15) is 4.68 Å². The van der Waals surface area contributed by atoms with Gasteiger partial charge in [-0.3, -0.25) is 9.69 Å². The van der Waals surface area contributed by atoms with Crippen LogP contribution in [0.4, 0.5) is 4.39 Å². The molecule has 7 nitrogen and oxygen atoms in total. The molecule has 0 spiro atoms. The first-order chi connectivity index (χ1) is 14.1. The summed E-state index contributed by atoms with van der Waals surface area (Å²) in [6.45, 7) is 3.42. The molecule has 0 bridgehead atoms. The Morgan fingerprint density at radius 2 is 1.69 bits per heavy atom. The monoisotopic (exact) mass is 396 g/mol. The number of halogens is 1. The highest BCUT2D eigenvalue weighted by atomic mass is 19.1. The maximum absolute atomic E-state index is 13.0. The van der Waals surface area contributed by atoms with Crippen LogP contribution in [0.2, 0.25) is 0 Å². The van der Waals surface area contributed by atoms with Gasteiger partial charge < -0.3 is 9.32 Å². The zero-order valence-electron chi connectivity index (χ0n) is 15.8. The molecule has 1 saturated heterocycles. The molecule has 2 aromatic carbocycles. The zero-order chi connectivity index (χ0) is 20.2. The second-order valence-corrected chi connectivity index (χ2v) is 6.98. The van der Waals surface area contributed by atoms with Crippen molar-refractivity contribution in [2.24, 2.45) is 0 Å².